The van der Waals surface area contributed by atoms with Crippen molar-refractivity contribution in [1.82, 2.24) is 4.90 Å². The van der Waals surface area contributed by atoms with E-state index < -0.39 is 0 Å². The van der Waals surface area contributed by atoms with Crippen LogP contribution in [0.4, 0.5) is 0 Å². The molecule has 0 aromatic rings. The van der Waals surface area contributed by atoms with E-state index in [1.807, 2.05) is 6.92 Å². The molecule has 2 saturated carbocycles. The molecule has 2 aliphatic carbocycles. The number of carbonyl (C=O) groups is 2. The first-order chi connectivity index (χ1) is 9.63. The minimum absolute atomic E-state index is 0.0977. The van der Waals surface area contributed by atoms with Crippen molar-refractivity contribution >= 4 is 11.9 Å². The van der Waals surface area contributed by atoms with Crippen molar-refractivity contribution < 1.29 is 19.1 Å². The highest BCUT2D eigenvalue weighted by atomic mass is 16.5. The van der Waals surface area contributed by atoms with Crippen molar-refractivity contribution in [2.75, 3.05) is 19.8 Å². The van der Waals surface area contributed by atoms with E-state index in [2.05, 4.69) is 0 Å². The first-order valence-electron chi connectivity index (χ1n) is 7.70. The third-order valence-electron chi connectivity index (χ3n) is 3.97. The Morgan fingerprint density at radius 1 is 1.15 bits per heavy atom. The van der Waals surface area contributed by atoms with E-state index in [1.165, 1.54) is 0 Å². The zero-order valence-electron chi connectivity index (χ0n) is 12.5. The van der Waals surface area contributed by atoms with Crippen molar-refractivity contribution in [3.63, 3.8) is 0 Å². The molecule has 114 valence electrons. The molecule has 0 aliphatic heterocycles. The molecule has 5 heteroatoms. The van der Waals surface area contributed by atoms with Gasteiger partial charge in [-0.25, -0.2) is 0 Å². The largest absolute Gasteiger partial charge is 0.465 e. The Balaban J connectivity index is 1.75. The second-order valence-corrected chi connectivity index (χ2v) is 5.68. The normalized spacial score (nSPS) is 24.9. The number of amides is 1. The second kappa shape index (κ2) is 7.07. The molecule has 1 amide bonds. The molecule has 0 aromatic heterocycles. The van der Waals surface area contributed by atoms with Crippen LogP contribution < -0.4 is 0 Å². The third kappa shape index (κ3) is 4.20. The van der Waals surface area contributed by atoms with Crippen LogP contribution in [0, 0.1) is 5.92 Å². The number of esters is 1. The molecule has 0 unspecified atom stereocenters. The smallest absolute Gasteiger partial charge is 0.325 e. The summed E-state index contributed by atoms with van der Waals surface area (Å²) in [5.41, 5.74) is 0. The van der Waals surface area contributed by atoms with Crippen LogP contribution in [0.25, 0.3) is 0 Å². The Labute approximate surface area is 120 Å². The van der Waals surface area contributed by atoms with Gasteiger partial charge in [0.05, 0.1) is 12.7 Å². The maximum absolute atomic E-state index is 12.3. The lowest BCUT2D eigenvalue weighted by atomic mass is 9.79. The van der Waals surface area contributed by atoms with Crippen molar-refractivity contribution in [3.8, 4) is 0 Å². The van der Waals surface area contributed by atoms with E-state index in [1.54, 1.807) is 11.8 Å². The molecule has 0 radical (unpaired) electrons. The first kappa shape index (κ1) is 15.3. The van der Waals surface area contributed by atoms with Crippen LogP contribution >= 0.6 is 0 Å². The summed E-state index contributed by atoms with van der Waals surface area (Å²) in [4.78, 5) is 25.6. The average Bonchev–Trinajstić information content (AvgIpc) is 3.17. The molecule has 0 bridgehead atoms. The minimum Gasteiger partial charge on any atom is -0.465 e. The van der Waals surface area contributed by atoms with E-state index in [-0.39, 0.29) is 24.5 Å². The van der Waals surface area contributed by atoms with E-state index in [9.17, 15) is 9.59 Å². The Morgan fingerprint density at radius 2 is 1.85 bits per heavy atom. The molecule has 0 spiro atoms. The van der Waals surface area contributed by atoms with Crippen LogP contribution in [0.3, 0.4) is 0 Å². The lowest BCUT2D eigenvalue weighted by Gasteiger charge is -2.35. The number of carbonyl (C=O) groups excluding carboxylic acids is 2. The Hall–Kier alpha value is -1.10. The fraction of sp³-hybridized carbons (Fsp3) is 0.867. The number of hydrogen-bond acceptors (Lipinski definition) is 4. The van der Waals surface area contributed by atoms with Gasteiger partial charge in [-0.05, 0) is 45.4 Å². The Morgan fingerprint density at radius 3 is 2.40 bits per heavy atom. The van der Waals surface area contributed by atoms with E-state index in [0.717, 1.165) is 32.3 Å². The molecule has 0 aromatic carbocycles. The molecule has 0 N–H and O–H groups in total. The molecule has 0 saturated heterocycles. The fourth-order valence-corrected chi connectivity index (χ4v) is 2.73. The Bertz CT molecular complexity index is 348. The highest BCUT2D eigenvalue weighted by Crippen LogP contribution is 2.35. The van der Waals surface area contributed by atoms with Gasteiger partial charge >= 0.3 is 5.97 Å². The predicted octanol–water partition coefficient (Wildman–Crippen LogP) is 1.75. The fourth-order valence-electron chi connectivity index (χ4n) is 2.73. The SMILES string of the molecule is CCOC(=O)CN(C(=O)CC1CC(OCC)C1)C1CC1. The van der Waals surface area contributed by atoms with Gasteiger partial charge in [0, 0.05) is 19.1 Å². The quantitative estimate of drug-likeness (QED) is 0.637. The van der Waals surface area contributed by atoms with E-state index in [0.29, 0.717) is 25.0 Å². The molecule has 2 aliphatic rings. The lowest BCUT2D eigenvalue weighted by Crippen LogP contribution is -2.41. The Kier molecular flexibility index (Phi) is 5.40. The van der Waals surface area contributed by atoms with Crippen LogP contribution in [0.2, 0.25) is 0 Å². The van der Waals surface area contributed by atoms with Gasteiger partial charge in [-0.3, -0.25) is 9.59 Å². The van der Waals surface area contributed by atoms with Gasteiger partial charge < -0.3 is 14.4 Å². The summed E-state index contributed by atoms with van der Waals surface area (Å²) in [6.07, 6.45) is 4.83. The molecule has 0 atom stereocenters. The van der Waals surface area contributed by atoms with Crippen LogP contribution in [0.5, 0.6) is 0 Å². The van der Waals surface area contributed by atoms with Gasteiger partial charge in [-0.15, -0.1) is 0 Å². The van der Waals surface area contributed by atoms with Crippen LogP contribution in [0.1, 0.15) is 46.0 Å². The zero-order valence-corrected chi connectivity index (χ0v) is 12.5. The van der Waals surface area contributed by atoms with Crippen molar-refractivity contribution in [2.24, 2.45) is 5.92 Å². The van der Waals surface area contributed by atoms with Crippen molar-refractivity contribution in [2.45, 2.75) is 58.1 Å². The van der Waals surface area contributed by atoms with Crippen molar-refractivity contribution in [3.05, 3.63) is 0 Å². The summed E-state index contributed by atoms with van der Waals surface area (Å²) in [7, 11) is 0. The molecule has 20 heavy (non-hydrogen) atoms. The highest BCUT2D eigenvalue weighted by molar-refractivity contribution is 5.82. The molecule has 0 heterocycles. The van der Waals surface area contributed by atoms with Gasteiger partial charge in [-0.1, -0.05) is 0 Å². The zero-order chi connectivity index (χ0) is 14.5. The minimum atomic E-state index is -0.298. The first-order valence-corrected chi connectivity index (χ1v) is 7.70. The van der Waals surface area contributed by atoms with Crippen molar-refractivity contribution in [1.29, 1.82) is 0 Å². The maximum Gasteiger partial charge on any atom is 0.325 e. The van der Waals surface area contributed by atoms with E-state index in [4.69, 9.17) is 9.47 Å². The summed E-state index contributed by atoms with van der Waals surface area (Å²) in [6.45, 7) is 4.99. The summed E-state index contributed by atoms with van der Waals surface area (Å²) in [5, 5.41) is 0. The van der Waals surface area contributed by atoms with E-state index >= 15 is 0 Å². The number of nitrogens with zero attached hydrogens (tertiary/aromatic N) is 1. The average molecular weight is 283 g/mol. The molecular formula is C15H25NO4. The van der Waals surface area contributed by atoms with Gasteiger partial charge in [0.25, 0.3) is 0 Å². The summed E-state index contributed by atoms with van der Waals surface area (Å²) < 4.78 is 10.4. The standard InChI is InChI=1S/C15H25NO4/c1-3-19-13-7-11(8-13)9-14(17)16(12-5-6-12)10-15(18)20-4-2/h11-13H,3-10H2,1-2H3. The number of rotatable bonds is 8. The van der Waals surface area contributed by atoms with Crippen LogP contribution in [-0.2, 0) is 19.1 Å². The molecule has 5 nitrogen and oxygen atoms in total. The second-order valence-electron chi connectivity index (χ2n) is 5.68. The van der Waals surface area contributed by atoms with Gasteiger partial charge in [0.2, 0.25) is 5.91 Å². The van der Waals surface area contributed by atoms with Crippen LogP contribution in [-0.4, -0.2) is 48.7 Å². The number of hydrogen-bond donors (Lipinski definition) is 0. The van der Waals surface area contributed by atoms with Gasteiger partial charge in [0.15, 0.2) is 0 Å². The summed E-state index contributed by atoms with van der Waals surface area (Å²) in [6, 6.07) is 0.259. The molecule has 2 rings (SSSR count). The lowest BCUT2D eigenvalue weighted by molar-refractivity contribution is -0.150. The maximum atomic E-state index is 12.3. The highest BCUT2D eigenvalue weighted by Gasteiger charge is 2.37. The number of ether oxygens (including phenoxy) is 2. The third-order valence-corrected chi connectivity index (χ3v) is 3.97. The van der Waals surface area contributed by atoms with Gasteiger partial charge in [-0.2, -0.15) is 0 Å². The summed E-state index contributed by atoms with van der Waals surface area (Å²) in [5.74, 6) is 0.219. The monoisotopic (exact) mass is 283 g/mol. The van der Waals surface area contributed by atoms with Gasteiger partial charge in [0.1, 0.15) is 6.54 Å². The van der Waals surface area contributed by atoms with Crippen LogP contribution in [0.15, 0.2) is 0 Å². The molecular weight excluding hydrogens is 258 g/mol. The predicted molar refractivity (Wildman–Crippen MR) is 74.1 cm³/mol. The summed E-state index contributed by atoms with van der Waals surface area (Å²) >= 11 is 0. The topological polar surface area (TPSA) is 55.8 Å². The molecule has 2 fully saturated rings.